The van der Waals surface area contributed by atoms with Crippen molar-refractivity contribution in [3.8, 4) is 0 Å². The summed E-state index contributed by atoms with van der Waals surface area (Å²) in [6.07, 6.45) is 2.17. The second-order valence-corrected chi connectivity index (χ2v) is 3.33. The molecule has 1 fully saturated rings. The van der Waals surface area contributed by atoms with E-state index >= 15 is 0 Å². The molecule has 0 aliphatic carbocycles. The summed E-state index contributed by atoms with van der Waals surface area (Å²) < 4.78 is 5.31. The van der Waals surface area contributed by atoms with Gasteiger partial charge in [0.05, 0.1) is 19.5 Å². The van der Waals surface area contributed by atoms with Crippen molar-refractivity contribution in [3.05, 3.63) is 28.4 Å². The molecule has 1 saturated heterocycles. The zero-order valence-electron chi connectivity index (χ0n) is 7.82. The molecule has 0 spiro atoms. The third kappa shape index (κ3) is 2.40. The highest BCUT2D eigenvalue weighted by molar-refractivity contribution is 5.01. The lowest BCUT2D eigenvalue weighted by Crippen LogP contribution is -2.42. The van der Waals surface area contributed by atoms with Gasteiger partial charge in [0.15, 0.2) is 0 Å². The van der Waals surface area contributed by atoms with Crippen LogP contribution in [0.15, 0.2) is 17.2 Å². The Morgan fingerprint density at radius 2 is 2.57 bits per heavy atom. The number of aromatic amines is 1. The van der Waals surface area contributed by atoms with Gasteiger partial charge >= 0.3 is 0 Å². The number of morpholine rings is 1. The molecule has 0 saturated carbocycles. The van der Waals surface area contributed by atoms with E-state index in [1.807, 2.05) is 0 Å². The first-order valence-electron chi connectivity index (χ1n) is 4.69. The molecule has 2 rings (SSSR count). The van der Waals surface area contributed by atoms with Crippen LogP contribution in [0.5, 0.6) is 0 Å². The normalized spacial score (nSPS) is 22.1. The van der Waals surface area contributed by atoms with Gasteiger partial charge in [-0.1, -0.05) is 0 Å². The second kappa shape index (κ2) is 4.34. The van der Waals surface area contributed by atoms with Crippen LogP contribution in [0, 0.1) is 0 Å². The highest BCUT2D eigenvalue weighted by Gasteiger charge is 2.13. The summed E-state index contributed by atoms with van der Waals surface area (Å²) >= 11 is 0. The molecule has 2 N–H and O–H groups in total. The first kappa shape index (κ1) is 9.36. The maximum atomic E-state index is 11.0. The lowest BCUT2D eigenvalue weighted by Gasteiger charge is -2.23. The number of hydrogen-bond donors (Lipinski definition) is 2. The fourth-order valence-corrected chi connectivity index (χ4v) is 1.52. The van der Waals surface area contributed by atoms with Crippen LogP contribution in [-0.2, 0) is 11.2 Å². The maximum absolute atomic E-state index is 11.0. The van der Waals surface area contributed by atoms with Gasteiger partial charge in [-0.05, 0) is 0 Å². The summed E-state index contributed by atoms with van der Waals surface area (Å²) in [5, 5.41) is 3.31. The molecular formula is C9H13N3O2. The van der Waals surface area contributed by atoms with Crippen molar-refractivity contribution in [1.29, 1.82) is 0 Å². The standard InChI is InChI=1S/C9H13N3O2/c13-9-4-7(11-6-12-9)3-8-5-14-2-1-10-8/h4,6,8,10H,1-3,5H2,(H,11,12,13). The highest BCUT2D eigenvalue weighted by Crippen LogP contribution is 2.00. The average molecular weight is 195 g/mol. The summed E-state index contributed by atoms with van der Waals surface area (Å²) in [4.78, 5) is 17.6. The van der Waals surface area contributed by atoms with Crippen molar-refractivity contribution < 1.29 is 4.74 Å². The molecule has 1 aromatic heterocycles. The van der Waals surface area contributed by atoms with Crippen molar-refractivity contribution in [2.75, 3.05) is 19.8 Å². The minimum Gasteiger partial charge on any atom is -0.379 e. The highest BCUT2D eigenvalue weighted by atomic mass is 16.5. The minimum absolute atomic E-state index is 0.105. The van der Waals surface area contributed by atoms with Crippen LogP contribution in [0.4, 0.5) is 0 Å². The van der Waals surface area contributed by atoms with Gasteiger partial charge in [0.2, 0.25) is 0 Å². The van der Waals surface area contributed by atoms with Crippen LogP contribution in [0.1, 0.15) is 5.69 Å². The van der Waals surface area contributed by atoms with Crippen LogP contribution < -0.4 is 10.9 Å². The average Bonchev–Trinajstić information content (AvgIpc) is 2.19. The Hall–Kier alpha value is -1.20. The van der Waals surface area contributed by atoms with Gasteiger partial charge in [0.1, 0.15) is 0 Å². The van der Waals surface area contributed by atoms with E-state index in [0.29, 0.717) is 6.61 Å². The van der Waals surface area contributed by atoms with E-state index in [1.54, 1.807) is 0 Å². The molecule has 0 bridgehead atoms. The van der Waals surface area contributed by atoms with Crippen LogP contribution in [0.2, 0.25) is 0 Å². The number of hydrogen-bond acceptors (Lipinski definition) is 4. The van der Waals surface area contributed by atoms with Crippen molar-refractivity contribution in [3.63, 3.8) is 0 Å². The first-order chi connectivity index (χ1) is 6.84. The lowest BCUT2D eigenvalue weighted by molar-refractivity contribution is 0.0767. The third-order valence-electron chi connectivity index (χ3n) is 2.19. The van der Waals surface area contributed by atoms with Gasteiger partial charge in [-0.15, -0.1) is 0 Å². The topological polar surface area (TPSA) is 67.0 Å². The van der Waals surface area contributed by atoms with Gasteiger partial charge in [-0.3, -0.25) is 4.79 Å². The van der Waals surface area contributed by atoms with E-state index in [9.17, 15) is 4.79 Å². The minimum atomic E-state index is -0.105. The largest absolute Gasteiger partial charge is 0.379 e. The van der Waals surface area contributed by atoms with Gasteiger partial charge in [-0.2, -0.15) is 0 Å². The van der Waals surface area contributed by atoms with Crippen molar-refractivity contribution in [2.45, 2.75) is 12.5 Å². The van der Waals surface area contributed by atoms with Crippen molar-refractivity contribution >= 4 is 0 Å². The fourth-order valence-electron chi connectivity index (χ4n) is 1.52. The molecule has 1 atom stereocenters. The molecule has 1 aliphatic rings. The molecule has 76 valence electrons. The molecular weight excluding hydrogens is 182 g/mol. The smallest absolute Gasteiger partial charge is 0.250 e. The Labute approximate surface area is 81.5 Å². The number of ether oxygens (including phenoxy) is 1. The monoisotopic (exact) mass is 195 g/mol. The Bertz CT molecular complexity index is 344. The van der Waals surface area contributed by atoms with E-state index in [-0.39, 0.29) is 11.6 Å². The summed E-state index contributed by atoms with van der Waals surface area (Å²) in [5.41, 5.74) is 0.698. The maximum Gasteiger partial charge on any atom is 0.250 e. The van der Waals surface area contributed by atoms with E-state index in [1.165, 1.54) is 12.4 Å². The van der Waals surface area contributed by atoms with Crippen molar-refractivity contribution in [2.24, 2.45) is 0 Å². The molecule has 1 unspecified atom stereocenters. The first-order valence-corrected chi connectivity index (χ1v) is 4.69. The number of H-pyrrole nitrogens is 1. The predicted octanol–water partition coefficient (Wildman–Crippen LogP) is -0.699. The SMILES string of the molecule is O=c1cc(CC2COCCN2)nc[nH]1. The molecule has 0 amide bonds. The second-order valence-electron chi connectivity index (χ2n) is 3.33. The molecule has 5 nitrogen and oxygen atoms in total. The summed E-state index contributed by atoms with van der Waals surface area (Å²) in [5.74, 6) is 0. The molecule has 1 aromatic rings. The Morgan fingerprint density at radius 3 is 3.29 bits per heavy atom. The Kier molecular flexibility index (Phi) is 2.90. The Morgan fingerprint density at radius 1 is 1.64 bits per heavy atom. The third-order valence-corrected chi connectivity index (χ3v) is 2.19. The van der Waals surface area contributed by atoms with E-state index in [4.69, 9.17) is 4.74 Å². The zero-order chi connectivity index (χ0) is 9.80. The van der Waals surface area contributed by atoms with Gasteiger partial charge in [0.25, 0.3) is 5.56 Å². The van der Waals surface area contributed by atoms with E-state index in [0.717, 1.165) is 25.3 Å². The molecule has 2 heterocycles. The van der Waals surface area contributed by atoms with Crippen LogP contribution in [0.25, 0.3) is 0 Å². The molecule has 14 heavy (non-hydrogen) atoms. The molecule has 0 radical (unpaired) electrons. The molecule has 5 heteroatoms. The van der Waals surface area contributed by atoms with Gasteiger partial charge in [-0.25, -0.2) is 4.98 Å². The number of rotatable bonds is 2. The molecule has 0 aromatic carbocycles. The molecule has 1 aliphatic heterocycles. The summed E-state index contributed by atoms with van der Waals surface area (Å²) in [6.45, 7) is 2.32. The Balaban J connectivity index is 1.99. The van der Waals surface area contributed by atoms with Crippen LogP contribution >= 0.6 is 0 Å². The number of nitrogens with one attached hydrogen (secondary N) is 2. The predicted molar refractivity (Wildman–Crippen MR) is 51.2 cm³/mol. The summed E-state index contributed by atoms with van der Waals surface area (Å²) in [6, 6.07) is 1.80. The quantitative estimate of drug-likeness (QED) is 0.655. The van der Waals surface area contributed by atoms with E-state index < -0.39 is 0 Å². The van der Waals surface area contributed by atoms with Gasteiger partial charge < -0.3 is 15.0 Å². The fraction of sp³-hybridized carbons (Fsp3) is 0.556. The van der Waals surface area contributed by atoms with E-state index in [2.05, 4.69) is 15.3 Å². The van der Waals surface area contributed by atoms with Crippen molar-refractivity contribution in [1.82, 2.24) is 15.3 Å². The number of nitrogens with zero attached hydrogens (tertiary/aromatic N) is 1. The van der Waals surface area contributed by atoms with Gasteiger partial charge in [0, 0.05) is 30.8 Å². The number of aromatic nitrogens is 2. The summed E-state index contributed by atoms with van der Waals surface area (Å²) in [7, 11) is 0. The van der Waals surface area contributed by atoms with Crippen LogP contribution in [0.3, 0.4) is 0 Å². The zero-order valence-corrected chi connectivity index (χ0v) is 7.82. The van der Waals surface area contributed by atoms with Crippen LogP contribution in [-0.4, -0.2) is 35.8 Å². The lowest BCUT2D eigenvalue weighted by atomic mass is 10.1.